The molecule has 18 heavy (non-hydrogen) atoms. The van der Waals surface area contributed by atoms with E-state index in [4.69, 9.17) is 14.2 Å². The largest absolute Gasteiger partial charge is 0.493 e. The van der Waals surface area contributed by atoms with E-state index in [1.165, 1.54) is 12.8 Å². The van der Waals surface area contributed by atoms with Crippen LogP contribution in [0.15, 0.2) is 12.1 Å². The summed E-state index contributed by atoms with van der Waals surface area (Å²) in [5, 5.41) is 3.32. The van der Waals surface area contributed by atoms with Crippen molar-refractivity contribution in [2.75, 3.05) is 19.9 Å². The maximum absolute atomic E-state index is 5.91. The molecular weight excluding hydrogens is 230 g/mol. The van der Waals surface area contributed by atoms with Crippen molar-refractivity contribution in [3.8, 4) is 17.2 Å². The molecule has 2 aliphatic rings. The van der Waals surface area contributed by atoms with Gasteiger partial charge in [-0.1, -0.05) is 6.92 Å². The molecule has 1 aromatic rings. The molecule has 0 bridgehead atoms. The van der Waals surface area contributed by atoms with E-state index < -0.39 is 0 Å². The van der Waals surface area contributed by atoms with Crippen LogP contribution in [0.4, 0.5) is 0 Å². The Hall–Kier alpha value is -1.42. The van der Waals surface area contributed by atoms with E-state index in [0.717, 1.165) is 48.4 Å². The lowest BCUT2D eigenvalue weighted by Crippen LogP contribution is -2.13. The molecule has 4 nitrogen and oxygen atoms in total. The van der Waals surface area contributed by atoms with Crippen LogP contribution in [0, 0.1) is 5.92 Å². The fourth-order valence-electron chi connectivity index (χ4n) is 1.99. The van der Waals surface area contributed by atoms with Crippen LogP contribution in [0.25, 0.3) is 0 Å². The minimum Gasteiger partial charge on any atom is -0.493 e. The maximum atomic E-state index is 5.91. The predicted octanol–water partition coefficient (Wildman–Crippen LogP) is 2.31. The molecular formula is C14H19NO3. The van der Waals surface area contributed by atoms with Gasteiger partial charge in [0.2, 0.25) is 6.79 Å². The minimum absolute atomic E-state index is 0.308. The number of nitrogens with one attached hydrogen (secondary N) is 1. The van der Waals surface area contributed by atoms with E-state index >= 15 is 0 Å². The number of fused-ring (bicyclic) bond motifs is 1. The number of benzene rings is 1. The molecule has 0 aromatic heterocycles. The molecule has 1 fully saturated rings. The zero-order chi connectivity index (χ0) is 12.4. The van der Waals surface area contributed by atoms with E-state index in [1.807, 2.05) is 12.1 Å². The second-order valence-electron chi connectivity index (χ2n) is 4.85. The van der Waals surface area contributed by atoms with E-state index in [9.17, 15) is 0 Å². The normalized spacial score (nSPS) is 16.9. The van der Waals surface area contributed by atoms with Gasteiger partial charge in [0.15, 0.2) is 11.5 Å². The highest BCUT2D eigenvalue weighted by atomic mass is 16.7. The first-order chi connectivity index (χ1) is 8.86. The van der Waals surface area contributed by atoms with Crippen LogP contribution in [0.1, 0.15) is 25.3 Å². The van der Waals surface area contributed by atoms with Crippen molar-refractivity contribution in [1.29, 1.82) is 0 Å². The fourth-order valence-corrected chi connectivity index (χ4v) is 1.99. The van der Waals surface area contributed by atoms with Crippen LogP contribution < -0.4 is 19.5 Å². The molecule has 0 amide bonds. The van der Waals surface area contributed by atoms with Gasteiger partial charge in [-0.05, 0) is 31.4 Å². The smallest absolute Gasteiger partial charge is 0.231 e. The lowest BCUT2D eigenvalue weighted by atomic mass is 10.1. The Kier molecular flexibility index (Phi) is 3.28. The lowest BCUT2D eigenvalue weighted by molar-refractivity contribution is 0.173. The van der Waals surface area contributed by atoms with Gasteiger partial charge in [-0.3, -0.25) is 0 Å². The van der Waals surface area contributed by atoms with Crippen LogP contribution in [0.5, 0.6) is 17.2 Å². The van der Waals surface area contributed by atoms with Gasteiger partial charge in [-0.15, -0.1) is 0 Å². The second-order valence-corrected chi connectivity index (χ2v) is 4.85. The van der Waals surface area contributed by atoms with Gasteiger partial charge in [-0.2, -0.15) is 0 Å². The van der Waals surface area contributed by atoms with Gasteiger partial charge in [0.05, 0.1) is 6.61 Å². The van der Waals surface area contributed by atoms with Gasteiger partial charge in [0, 0.05) is 18.2 Å². The van der Waals surface area contributed by atoms with E-state index in [1.54, 1.807) is 0 Å². The summed E-state index contributed by atoms with van der Waals surface area (Å²) in [5.74, 6) is 3.29. The molecule has 1 N–H and O–H groups in total. The first-order valence-corrected chi connectivity index (χ1v) is 6.63. The number of ether oxygens (including phenoxy) is 3. The summed E-state index contributed by atoms with van der Waals surface area (Å²) in [6.45, 7) is 4.96. The van der Waals surface area contributed by atoms with Crippen LogP contribution in [0.3, 0.4) is 0 Å². The van der Waals surface area contributed by atoms with Crippen molar-refractivity contribution in [2.24, 2.45) is 5.92 Å². The highest BCUT2D eigenvalue weighted by Gasteiger charge is 2.23. The standard InChI is InChI=1S/C14H19NO3/c1-2-15-7-11-5-13-14(18-9-17-13)6-12(11)16-8-10-3-4-10/h5-6,10,15H,2-4,7-9H2,1H3. The van der Waals surface area contributed by atoms with Crippen molar-refractivity contribution in [1.82, 2.24) is 5.32 Å². The van der Waals surface area contributed by atoms with E-state index in [2.05, 4.69) is 12.2 Å². The Balaban J connectivity index is 1.78. The molecule has 98 valence electrons. The van der Waals surface area contributed by atoms with Gasteiger partial charge in [0.25, 0.3) is 0 Å². The lowest BCUT2D eigenvalue weighted by Gasteiger charge is -2.12. The van der Waals surface area contributed by atoms with Gasteiger partial charge >= 0.3 is 0 Å². The highest BCUT2D eigenvalue weighted by Crippen LogP contribution is 2.39. The van der Waals surface area contributed by atoms with Crippen LogP contribution in [-0.4, -0.2) is 19.9 Å². The summed E-state index contributed by atoms with van der Waals surface area (Å²) in [5.41, 5.74) is 1.14. The summed E-state index contributed by atoms with van der Waals surface area (Å²) in [7, 11) is 0. The van der Waals surface area contributed by atoms with Gasteiger partial charge < -0.3 is 19.5 Å². The van der Waals surface area contributed by atoms with Crippen molar-refractivity contribution in [3.63, 3.8) is 0 Å². The molecule has 0 atom stereocenters. The fraction of sp³-hybridized carbons (Fsp3) is 0.571. The molecule has 1 heterocycles. The number of hydrogen-bond acceptors (Lipinski definition) is 4. The topological polar surface area (TPSA) is 39.7 Å². The van der Waals surface area contributed by atoms with Gasteiger partial charge in [-0.25, -0.2) is 0 Å². The first kappa shape index (κ1) is 11.7. The predicted molar refractivity (Wildman–Crippen MR) is 68.2 cm³/mol. The number of hydrogen-bond donors (Lipinski definition) is 1. The summed E-state index contributed by atoms with van der Waals surface area (Å²) >= 11 is 0. The van der Waals surface area contributed by atoms with Crippen LogP contribution >= 0.6 is 0 Å². The molecule has 3 rings (SSSR count). The third-order valence-corrected chi connectivity index (χ3v) is 3.29. The monoisotopic (exact) mass is 249 g/mol. The third-order valence-electron chi connectivity index (χ3n) is 3.29. The molecule has 1 saturated carbocycles. The summed E-state index contributed by atoms with van der Waals surface area (Å²) in [6.07, 6.45) is 2.60. The average molecular weight is 249 g/mol. The quantitative estimate of drug-likeness (QED) is 0.840. The first-order valence-electron chi connectivity index (χ1n) is 6.63. The Morgan fingerprint density at radius 3 is 2.78 bits per heavy atom. The average Bonchev–Trinajstić information content (AvgIpc) is 3.10. The van der Waals surface area contributed by atoms with Crippen molar-refractivity contribution in [3.05, 3.63) is 17.7 Å². The highest BCUT2D eigenvalue weighted by molar-refractivity contribution is 5.51. The van der Waals surface area contributed by atoms with E-state index in [-0.39, 0.29) is 0 Å². The molecule has 0 radical (unpaired) electrons. The summed E-state index contributed by atoms with van der Waals surface area (Å²) in [6, 6.07) is 3.98. The minimum atomic E-state index is 0.308. The van der Waals surface area contributed by atoms with Crippen molar-refractivity contribution < 1.29 is 14.2 Å². The number of rotatable bonds is 6. The molecule has 1 aliphatic heterocycles. The molecule has 4 heteroatoms. The molecule has 0 spiro atoms. The summed E-state index contributed by atoms with van der Waals surface area (Å²) < 4.78 is 16.7. The summed E-state index contributed by atoms with van der Waals surface area (Å²) in [4.78, 5) is 0. The van der Waals surface area contributed by atoms with Crippen LogP contribution in [-0.2, 0) is 6.54 Å². The van der Waals surface area contributed by atoms with Gasteiger partial charge in [0.1, 0.15) is 5.75 Å². The zero-order valence-electron chi connectivity index (χ0n) is 10.7. The molecule has 0 saturated heterocycles. The van der Waals surface area contributed by atoms with E-state index in [0.29, 0.717) is 6.79 Å². The Morgan fingerprint density at radius 1 is 1.28 bits per heavy atom. The Labute approximate surface area is 107 Å². The zero-order valence-corrected chi connectivity index (χ0v) is 10.7. The van der Waals surface area contributed by atoms with Crippen LogP contribution in [0.2, 0.25) is 0 Å². The van der Waals surface area contributed by atoms with Crippen molar-refractivity contribution >= 4 is 0 Å². The van der Waals surface area contributed by atoms with Crippen molar-refractivity contribution in [2.45, 2.75) is 26.3 Å². The maximum Gasteiger partial charge on any atom is 0.231 e. The Morgan fingerprint density at radius 2 is 2.06 bits per heavy atom. The second kappa shape index (κ2) is 5.06. The Bertz CT molecular complexity index is 429. The third kappa shape index (κ3) is 2.53. The molecule has 1 aliphatic carbocycles. The molecule has 0 unspecified atom stereocenters. The molecule has 1 aromatic carbocycles. The SMILES string of the molecule is CCNCc1cc2c(cc1OCC1CC1)OCO2.